The molecular weight excluding hydrogens is 186 g/mol. The highest BCUT2D eigenvalue weighted by atomic mass is 32.1. The van der Waals surface area contributed by atoms with E-state index in [1.807, 2.05) is 11.4 Å². The van der Waals surface area contributed by atoms with Gasteiger partial charge in [0.25, 0.3) is 0 Å². The van der Waals surface area contributed by atoms with Crippen LogP contribution in [0.1, 0.15) is 22.2 Å². The van der Waals surface area contributed by atoms with Gasteiger partial charge in [0.1, 0.15) is 0 Å². The molecule has 1 heterocycles. The lowest BCUT2D eigenvalue weighted by Crippen LogP contribution is -2.22. The second-order valence-electron chi connectivity index (χ2n) is 2.66. The average Bonchev–Trinajstić information content (AvgIpc) is 2.51. The minimum Gasteiger partial charge on any atom is -0.356 e. The van der Waals surface area contributed by atoms with Crippen molar-refractivity contribution in [1.82, 2.24) is 5.32 Å². The molecule has 0 unspecified atom stereocenters. The van der Waals surface area contributed by atoms with Gasteiger partial charge in [0.05, 0.1) is 4.88 Å². The number of nitrogens with one attached hydrogen (secondary N) is 1. The van der Waals surface area contributed by atoms with E-state index in [0.717, 1.165) is 23.1 Å². The number of carbonyl (C=O) groups is 2. The fourth-order valence-corrected chi connectivity index (χ4v) is 1.79. The molecule has 1 amide bonds. The first kappa shape index (κ1) is 9.92. The third-order valence-electron chi connectivity index (χ3n) is 1.66. The summed E-state index contributed by atoms with van der Waals surface area (Å²) in [7, 11) is 0. The van der Waals surface area contributed by atoms with E-state index < -0.39 is 0 Å². The largest absolute Gasteiger partial charge is 0.356 e. The van der Waals surface area contributed by atoms with E-state index >= 15 is 0 Å². The number of hydrogen-bond acceptors (Lipinski definition) is 3. The first-order chi connectivity index (χ1) is 6.24. The zero-order chi connectivity index (χ0) is 9.68. The number of hydrogen-bond donors (Lipinski definition) is 1. The van der Waals surface area contributed by atoms with E-state index in [9.17, 15) is 9.59 Å². The molecule has 1 rings (SSSR count). The Balaban J connectivity index is 2.44. The first-order valence-electron chi connectivity index (χ1n) is 4.00. The second-order valence-corrected chi connectivity index (χ2v) is 3.61. The molecule has 0 atom stereocenters. The highest BCUT2D eigenvalue weighted by molar-refractivity contribution is 7.11. The fraction of sp³-hybridized carbons (Fsp3) is 0.333. The molecule has 0 radical (unpaired) electrons. The van der Waals surface area contributed by atoms with Gasteiger partial charge in [0, 0.05) is 13.5 Å². The Morgan fingerprint density at radius 3 is 3.08 bits per heavy atom. The molecular formula is C9H11NO2S. The molecule has 0 spiro atoms. The molecule has 0 bridgehead atoms. The minimum atomic E-state index is -0.0390. The normalized spacial score (nSPS) is 9.62. The van der Waals surface area contributed by atoms with E-state index in [0.29, 0.717) is 6.54 Å². The van der Waals surface area contributed by atoms with Crippen molar-refractivity contribution in [1.29, 1.82) is 0 Å². The van der Waals surface area contributed by atoms with Crippen LogP contribution in [0.4, 0.5) is 0 Å². The summed E-state index contributed by atoms with van der Waals surface area (Å²) in [6.45, 7) is 2.07. The SMILES string of the molecule is CC(=O)NCCc1ccsc1C=O. The molecule has 4 heteroatoms. The van der Waals surface area contributed by atoms with Crippen LogP contribution in [0.25, 0.3) is 0 Å². The summed E-state index contributed by atoms with van der Waals surface area (Å²) in [4.78, 5) is 21.8. The number of aldehydes is 1. The molecule has 3 nitrogen and oxygen atoms in total. The highest BCUT2D eigenvalue weighted by Crippen LogP contribution is 2.14. The van der Waals surface area contributed by atoms with Gasteiger partial charge in [-0.05, 0) is 23.4 Å². The molecule has 0 aliphatic rings. The molecule has 0 saturated heterocycles. The third kappa shape index (κ3) is 2.99. The predicted octanol–water partition coefficient (Wildman–Crippen LogP) is 1.24. The maximum atomic E-state index is 10.5. The second kappa shape index (κ2) is 4.77. The first-order valence-corrected chi connectivity index (χ1v) is 4.88. The van der Waals surface area contributed by atoms with Crippen molar-refractivity contribution in [3.05, 3.63) is 21.9 Å². The van der Waals surface area contributed by atoms with E-state index in [1.54, 1.807) is 0 Å². The Bertz CT molecular complexity index is 306. The molecule has 0 aliphatic heterocycles. The van der Waals surface area contributed by atoms with Crippen LogP contribution in [0.2, 0.25) is 0 Å². The van der Waals surface area contributed by atoms with Gasteiger partial charge in [-0.3, -0.25) is 9.59 Å². The lowest BCUT2D eigenvalue weighted by atomic mass is 10.2. The average molecular weight is 197 g/mol. The van der Waals surface area contributed by atoms with Crippen LogP contribution >= 0.6 is 11.3 Å². The minimum absolute atomic E-state index is 0.0390. The summed E-state index contributed by atoms with van der Waals surface area (Å²) >= 11 is 1.43. The molecule has 1 N–H and O–H groups in total. The van der Waals surface area contributed by atoms with Gasteiger partial charge in [-0.25, -0.2) is 0 Å². The van der Waals surface area contributed by atoms with Gasteiger partial charge in [0.2, 0.25) is 5.91 Å². The van der Waals surface area contributed by atoms with E-state index in [-0.39, 0.29) is 5.91 Å². The summed E-state index contributed by atoms with van der Waals surface area (Å²) in [6.07, 6.45) is 1.57. The van der Waals surface area contributed by atoms with Gasteiger partial charge in [-0.2, -0.15) is 0 Å². The van der Waals surface area contributed by atoms with Crippen molar-refractivity contribution in [2.45, 2.75) is 13.3 Å². The highest BCUT2D eigenvalue weighted by Gasteiger charge is 2.02. The smallest absolute Gasteiger partial charge is 0.216 e. The molecule has 70 valence electrons. The maximum Gasteiger partial charge on any atom is 0.216 e. The molecule has 0 aromatic carbocycles. The van der Waals surface area contributed by atoms with Crippen molar-refractivity contribution in [2.75, 3.05) is 6.54 Å². The summed E-state index contributed by atoms with van der Waals surface area (Å²) in [5, 5.41) is 4.57. The zero-order valence-electron chi connectivity index (χ0n) is 7.37. The molecule has 0 fully saturated rings. The quantitative estimate of drug-likeness (QED) is 0.738. The summed E-state index contributed by atoms with van der Waals surface area (Å²) in [6, 6.07) is 1.91. The predicted molar refractivity (Wildman–Crippen MR) is 52.1 cm³/mol. The molecule has 1 aromatic rings. The molecule has 0 aliphatic carbocycles. The van der Waals surface area contributed by atoms with Crippen LogP contribution in [0.15, 0.2) is 11.4 Å². The van der Waals surface area contributed by atoms with Gasteiger partial charge < -0.3 is 5.32 Å². The number of amides is 1. The fourth-order valence-electron chi connectivity index (χ4n) is 1.03. The Morgan fingerprint density at radius 1 is 1.69 bits per heavy atom. The van der Waals surface area contributed by atoms with Crippen molar-refractivity contribution in [3.63, 3.8) is 0 Å². The third-order valence-corrected chi connectivity index (χ3v) is 2.54. The van der Waals surface area contributed by atoms with Crippen LogP contribution < -0.4 is 5.32 Å². The van der Waals surface area contributed by atoms with Crippen LogP contribution in [0.3, 0.4) is 0 Å². The number of carbonyl (C=O) groups excluding carboxylic acids is 2. The van der Waals surface area contributed by atoms with Gasteiger partial charge in [-0.15, -0.1) is 11.3 Å². The van der Waals surface area contributed by atoms with Gasteiger partial charge >= 0.3 is 0 Å². The zero-order valence-corrected chi connectivity index (χ0v) is 8.19. The summed E-state index contributed by atoms with van der Waals surface area (Å²) in [5.41, 5.74) is 1.01. The van der Waals surface area contributed by atoms with Crippen molar-refractivity contribution in [3.8, 4) is 0 Å². The van der Waals surface area contributed by atoms with Crippen LogP contribution in [0, 0.1) is 0 Å². The Labute approximate surface area is 80.8 Å². The van der Waals surface area contributed by atoms with Crippen molar-refractivity contribution in [2.24, 2.45) is 0 Å². The molecule has 1 aromatic heterocycles. The van der Waals surface area contributed by atoms with E-state index in [4.69, 9.17) is 0 Å². The van der Waals surface area contributed by atoms with Gasteiger partial charge in [0.15, 0.2) is 6.29 Å². The Kier molecular flexibility index (Phi) is 3.64. The Hall–Kier alpha value is -1.16. The van der Waals surface area contributed by atoms with Gasteiger partial charge in [-0.1, -0.05) is 0 Å². The monoisotopic (exact) mass is 197 g/mol. The Morgan fingerprint density at radius 2 is 2.46 bits per heavy atom. The number of thiophene rings is 1. The summed E-state index contributed by atoms with van der Waals surface area (Å²) in [5.74, 6) is -0.0390. The van der Waals surface area contributed by atoms with E-state index in [2.05, 4.69) is 5.32 Å². The lowest BCUT2D eigenvalue weighted by Gasteiger charge is -2.00. The van der Waals surface area contributed by atoms with Crippen molar-refractivity contribution < 1.29 is 9.59 Å². The summed E-state index contributed by atoms with van der Waals surface area (Å²) < 4.78 is 0. The van der Waals surface area contributed by atoms with Crippen molar-refractivity contribution >= 4 is 23.5 Å². The van der Waals surface area contributed by atoms with Crippen LogP contribution in [-0.2, 0) is 11.2 Å². The van der Waals surface area contributed by atoms with E-state index in [1.165, 1.54) is 18.3 Å². The standard InChI is InChI=1S/C9H11NO2S/c1-7(12)10-4-2-8-3-5-13-9(8)6-11/h3,5-6H,2,4H2,1H3,(H,10,12). The molecule has 13 heavy (non-hydrogen) atoms. The van der Waals surface area contributed by atoms with Crippen LogP contribution in [0.5, 0.6) is 0 Å². The molecule has 0 saturated carbocycles. The lowest BCUT2D eigenvalue weighted by molar-refractivity contribution is -0.118. The topological polar surface area (TPSA) is 46.2 Å². The number of rotatable bonds is 4. The maximum absolute atomic E-state index is 10.5. The van der Waals surface area contributed by atoms with Crippen LogP contribution in [-0.4, -0.2) is 18.7 Å².